The summed E-state index contributed by atoms with van der Waals surface area (Å²) in [5.74, 6) is -1.44. The molecular formula is C17H20O5. The second-order valence-electron chi connectivity index (χ2n) is 6.54. The average molecular weight is 304 g/mol. The van der Waals surface area contributed by atoms with Crippen molar-refractivity contribution in [3.8, 4) is 0 Å². The lowest BCUT2D eigenvalue weighted by Crippen LogP contribution is -2.37. The fourth-order valence-electron chi connectivity index (χ4n) is 4.12. The van der Waals surface area contributed by atoms with E-state index < -0.39 is 12.2 Å². The number of carbonyl (C=O) groups excluding carboxylic acids is 3. The van der Waals surface area contributed by atoms with Gasteiger partial charge in [0.15, 0.2) is 5.78 Å². The van der Waals surface area contributed by atoms with Crippen LogP contribution in [0, 0.1) is 17.8 Å². The van der Waals surface area contributed by atoms with Gasteiger partial charge in [-0.25, -0.2) is 0 Å². The Balaban J connectivity index is 2.08. The molecule has 118 valence electrons. The van der Waals surface area contributed by atoms with Crippen LogP contribution in [0.4, 0.5) is 0 Å². The SMILES string of the molecule is CC(=O)O[C@H]1CC(C)=C2C(=O)C=C(C)[C@@H]2[C@H]2OC(=O)[C@H](C)[C@H]21. The number of esters is 2. The molecule has 0 aromatic rings. The molecule has 0 N–H and O–H groups in total. The summed E-state index contributed by atoms with van der Waals surface area (Å²) in [5.41, 5.74) is 2.55. The summed E-state index contributed by atoms with van der Waals surface area (Å²) in [6.07, 6.45) is 1.24. The molecule has 5 nitrogen and oxygen atoms in total. The molecule has 0 aromatic carbocycles. The normalized spacial score (nSPS) is 37.3. The van der Waals surface area contributed by atoms with Crippen LogP contribution >= 0.6 is 0 Å². The minimum absolute atomic E-state index is 0.0159. The number of allylic oxidation sites excluding steroid dienone is 1. The number of fused-ring (bicyclic) bond motifs is 3. The van der Waals surface area contributed by atoms with E-state index in [0.29, 0.717) is 12.0 Å². The zero-order chi connectivity index (χ0) is 16.2. The van der Waals surface area contributed by atoms with Gasteiger partial charge in [0.05, 0.1) is 5.92 Å². The summed E-state index contributed by atoms with van der Waals surface area (Å²) in [4.78, 5) is 35.8. The van der Waals surface area contributed by atoms with Crippen molar-refractivity contribution in [1.82, 2.24) is 0 Å². The van der Waals surface area contributed by atoms with Crippen molar-refractivity contribution in [1.29, 1.82) is 0 Å². The van der Waals surface area contributed by atoms with Gasteiger partial charge in [0.25, 0.3) is 0 Å². The van der Waals surface area contributed by atoms with Crippen LogP contribution < -0.4 is 0 Å². The molecule has 1 fully saturated rings. The van der Waals surface area contributed by atoms with Crippen molar-refractivity contribution in [3.63, 3.8) is 0 Å². The van der Waals surface area contributed by atoms with E-state index in [0.717, 1.165) is 11.1 Å². The fourth-order valence-corrected chi connectivity index (χ4v) is 4.12. The molecule has 5 atom stereocenters. The zero-order valence-electron chi connectivity index (χ0n) is 13.2. The molecule has 2 aliphatic carbocycles. The van der Waals surface area contributed by atoms with E-state index in [1.165, 1.54) is 6.92 Å². The lowest BCUT2D eigenvalue weighted by Gasteiger charge is -2.29. The Hall–Kier alpha value is -1.91. The first-order valence-corrected chi connectivity index (χ1v) is 7.61. The second-order valence-corrected chi connectivity index (χ2v) is 6.54. The molecule has 1 saturated heterocycles. The van der Waals surface area contributed by atoms with Crippen LogP contribution in [0.2, 0.25) is 0 Å². The van der Waals surface area contributed by atoms with Gasteiger partial charge in [0.2, 0.25) is 0 Å². The maximum Gasteiger partial charge on any atom is 0.309 e. The lowest BCUT2D eigenvalue weighted by molar-refractivity contribution is -0.150. The Bertz CT molecular complexity index is 627. The molecule has 3 aliphatic rings. The van der Waals surface area contributed by atoms with Crippen molar-refractivity contribution < 1.29 is 23.9 Å². The smallest absolute Gasteiger partial charge is 0.309 e. The molecule has 22 heavy (non-hydrogen) atoms. The third-order valence-corrected chi connectivity index (χ3v) is 5.05. The maximum atomic E-state index is 12.3. The molecule has 0 unspecified atom stereocenters. The Kier molecular flexibility index (Phi) is 3.46. The molecule has 0 radical (unpaired) electrons. The van der Waals surface area contributed by atoms with Crippen molar-refractivity contribution in [2.24, 2.45) is 17.8 Å². The highest BCUT2D eigenvalue weighted by Crippen LogP contribution is 2.48. The topological polar surface area (TPSA) is 69.7 Å². The number of ketones is 1. The standard InChI is InChI=1S/C17H20O5/c1-7-5-11(19)13-8(2)6-12(21-10(4)18)15-9(3)17(20)22-16(15)14(7)13/h5,9,12,14-16H,6H2,1-4H3/t9-,12+,14+,15+,16-/m1/s1. The van der Waals surface area contributed by atoms with Crippen LogP contribution in [0.1, 0.15) is 34.1 Å². The summed E-state index contributed by atoms with van der Waals surface area (Å²) in [7, 11) is 0. The Morgan fingerprint density at radius 3 is 2.64 bits per heavy atom. The number of hydrogen-bond acceptors (Lipinski definition) is 5. The van der Waals surface area contributed by atoms with Crippen LogP contribution in [-0.4, -0.2) is 29.9 Å². The largest absolute Gasteiger partial charge is 0.462 e. The molecule has 0 aromatic heterocycles. The fraction of sp³-hybridized carbons (Fsp3) is 0.588. The van der Waals surface area contributed by atoms with Crippen molar-refractivity contribution >= 4 is 17.7 Å². The third-order valence-electron chi connectivity index (χ3n) is 5.05. The lowest BCUT2D eigenvalue weighted by atomic mass is 9.79. The van der Waals surface area contributed by atoms with Gasteiger partial charge in [-0.05, 0) is 19.9 Å². The van der Waals surface area contributed by atoms with Crippen LogP contribution in [0.3, 0.4) is 0 Å². The van der Waals surface area contributed by atoms with E-state index in [4.69, 9.17) is 9.47 Å². The first-order chi connectivity index (χ1) is 10.3. The molecule has 1 heterocycles. The van der Waals surface area contributed by atoms with Crippen LogP contribution in [0.5, 0.6) is 0 Å². The molecular weight excluding hydrogens is 284 g/mol. The zero-order valence-corrected chi connectivity index (χ0v) is 13.2. The Morgan fingerprint density at radius 2 is 2.00 bits per heavy atom. The summed E-state index contributed by atoms with van der Waals surface area (Å²) >= 11 is 0. The molecule has 3 rings (SSSR count). The van der Waals surface area contributed by atoms with E-state index in [-0.39, 0.29) is 35.5 Å². The van der Waals surface area contributed by atoms with E-state index in [1.807, 2.05) is 13.8 Å². The van der Waals surface area contributed by atoms with Gasteiger partial charge in [-0.2, -0.15) is 0 Å². The second kappa shape index (κ2) is 5.07. The van der Waals surface area contributed by atoms with Gasteiger partial charge in [-0.3, -0.25) is 14.4 Å². The quantitative estimate of drug-likeness (QED) is 0.693. The highest BCUT2D eigenvalue weighted by molar-refractivity contribution is 6.09. The van der Waals surface area contributed by atoms with Gasteiger partial charge >= 0.3 is 11.9 Å². The van der Waals surface area contributed by atoms with Crippen molar-refractivity contribution in [3.05, 3.63) is 22.8 Å². The van der Waals surface area contributed by atoms with Crippen LogP contribution in [-0.2, 0) is 23.9 Å². The van der Waals surface area contributed by atoms with Gasteiger partial charge in [-0.1, -0.05) is 18.1 Å². The first kappa shape index (κ1) is 15.0. The van der Waals surface area contributed by atoms with Gasteiger partial charge in [0.1, 0.15) is 12.2 Å². The monoisotopic (exact) mass is 304 g/mol. The number of rotatable bonds is 1. The molecule has 0 amide bonds. The van der Waals surface area contributed by atoms with E-state index >= 15 is 0 Å². The van der Waals surface area contributed by atoms with E-state index in [1.54, 1.807) is 13.0 Å². The highest BCUT2D eigenvalue weighted by atomic mass is 16.6. The van der Waals surface area contributed by atoms with Crippen LogP contribution in [0.15, 0.2) is 22.8 Å². The Labute approximate surface area is 129 Å². The highest BCUT2D eigenvalue weighted by Gasteiger charge is 2.55. The number of hydrogen-bond donors (Lipinski definition) is 0. The van der Waals surface area contributed by atoms with E-state index in [9.17, 15) is 14.4 Å². The third kappa shape index (κ3) is 2.11. The minimum Gasteiger partial charge on any atom is -0.462 e. The molecule has 0 bridgehead atoms. The van der Waals surface area contributed by atoms with Gasteiger partial charge in [-0.15, -0.1) is 0 Å². The predicted molar refractivity (Wildman–Crippen MR) is 77.7 cm³/mol. The van der Waals surface area contributed by atoms with Gasteiger partial charge < -0.3 is 9.47 Å². The summed E-state index contributed by atoms with van der Waals surface area (Å²) in [5, 5.41) is 0. The summed E-state index contributed by atoms with van der Waals surface area (Å²) in [6, 6.07) is 0. The number of ether oxygens (including phenoxy) is 2. The predicted octanol–water partition coefficient (Wildman–Crippen LogP) is 1.96. The summed E-state index contributed by atoms with van der Waals surface area (Å²) in [6.45, 7) is 6.96. The van der Waals surface area contributed by atoms with Crippen molar-refractivity contribution in [2.45, 2.75) is 46.3 Å². The molecule has 0 saturated carbocycles. The van der Waals surface area contributed by atoms with E-state index in [2.05, 4.69) is 0 Å². The number of carbonyl (C=O) groups is 3. The first-order valence-electron chi connectivity index (χ1n) is 7.61. The minimum atomic E-state index is -0.429. The molecule has 1 aliphatic heterocycles. The molecule has 5 heteroatoms. The summed E-state index contributed by atoms with van der Waals surface area (Å²) < 4.78 is 11.1. The van der Waals surface area contributed by atoms with Crippen molar-refractivity contribution in [2.75, 3.05) is 0 Å². The molecule has 0 spiro atoms. The average Bonchev–Trinajstić information content (AvgIpc) is 2.81. The Morgan fingerprint density at radius 1 is 1.32 bits per heavy atom. The van der Waals surface area contributed by atoms with Gasteiger partial charge in [0, 0.05) is 30.8 Å². The van der Waals surface area contributed by atoms with Crippen LogP contribution in [0.25, 0.3) is 0 Å². The maximum absolute atomic E-state index is 12.3.